The maximum Gasteiger partial charge on any atom is 0.291 e. The van der Waals surface area contributed by atoms with E-state index in [1.54, 1.807) is 18.5 Å². The Balaban J connectivity index is 1.39. The van der Waals surface area contributed by atoms with Gasteiger partial charge in [-0.25, -0.2) is 9.97 Å². The van der Waals surface area contributed by atoms with E-state index in [-0.39, 0.29) is 11.7 Å². The van der Waals surface area contributed by atoms with E-state index in [0.29, 0.717) is 17.4 Å². The normalized spacial score (nSPS) is 14.4. The molecule has 1 saturated carbocycles. The molecule has 7 nitrogen and oxygen atoms in total. The highest BCUT2D eigenvalue weighted by Gasteiger charge is 2.23. The number of carbonyl (C=O) groups is 1. The van der Waals surface area contributed by atoms with Gasteiger partial charge in [0, 0.05) is 22.9 Å². The van der Waals surface area contributed by atoms with Crippen molar-refractivity contribution < 1.29 is 13.6 Å². The van der Waals surface area contributed by atoms with Gasteiger partial charge in [0.2, 0.25) is 5.71 Å². The Morgan fingerprint density at radius 2 is 1.62 bits per heavy atom. The molecule has 0 saturated heterocycles. The van der Waals surface area contributed by atoms with E-state index in [1.165, 1.54) is 31.9 Å². The number of anilines is 2. The number of nitrogens with zero attached hydrogens (tertiary/aromatic N) is 2. The van der Waals surface area contributed by atoms with Crippen molar-refractivity contribution in [3.63, 3.8) is 0 Å². The highest BCUT2D eigenvalue weighted by atomic mass is 16.3. The third-order valence-corrected chi connectivity index (χ3v) is 6.90. The van der Waals surface area contributed by atoms with E-state index >= 15 is 0 Å². The molecular formula is C30H28N4O3. The van der Waals surface area contributed by atoms with Crippen molar-refractivity contribution in [2.24, 2.45) is 0 Å². The lowest BCUT2D eigenvalue weighted by Crippen LogP contribution is -2.19. The van der Waals surface area contributed by atoms with Crippen LogP contribution in [0.4, 0.5) is 11.5 Å². The van der Waals surface area contributed by atoms with Gasteiger partial charge < -0.3 is 19.5 Å². The van der Waals surface area contributed by atoms with Crippen LogP contribution in [-0.4, -0.2) is 21.9 Å². The number of nitrogens with one attached hydrogen (secondary N) is 2. The first-order valence-electron chi connectivity index (χ1n) is 12.8. The molecule has 0 atom stereocenters. The highest BCUT2D eigenvalue weighted by molar-refractivity contribution is 6.06. The van der Waals surface area contributed by atoms with E-state index in [0.717, 1.165) is 46.5 Å². The lowest BCUT2D eigenvalue weighted by atomic mass is 9.99. The van der Waals surface area contributed by atoms with E-state index in [2.05, 4.69) is 32.7 Å². The molecule has 7 heteroatoms. The average Bonchev–Trinajstić information content (AvgIpc) is 3.54. The standard InChI is InChI=1S/C30H28N4O3/c35-29(24-13-8-18-36-24)34-23-16-14-21(15-17-23)27-25(20-9-4-3-5-10-20)26-28(31-19-32-30(26)37-27)33-22-11-6-1-2-7-12-22/h3-5,8-10,13-19,22H,1-2,6-7,11-12H2,(H,34,35)(H,31,32,33). The van der Waals surface area contributed by atoms with Crippen LogP contribution in [0.2, 0.25) is 0 Å². The highest BCUT2D eigenvalue weighted by Crippen LogP contribution is 2.43. The van der Waals surface area contributed by atoms with Crippen LogP contribution in [0.3, 0.4) is 0 Å². The van der Waals surface area contributed by atoms with E-state index < -0.39 is 0 Å². The number of hydrogen-bond acceptors (Lipinski definition) is 6. The number of carbonyl (C=O) groups excluding carboxylic acids is 1. The Kier molecular flexibility index (Phi) is 6.42. The maximum absolute atomic E-state index is 12.4. The molecule has 1 amide bonds. The van der Waals surface area contributed by atoms with Gasteiger partial charge in [-0.1, -0.05) is 56.0 Å². The Labute approximate surface area is 214 Å². The van der Waals surface area contributed by atoms with Crippen LogP contribution in [0, 0.1) is 0 Å². The van der Waals surface area contributed by atoms with Crippen molar-refractivity contribution in [3.05, 3.63) is 85.1 Å². The fraction of sp³-hybridized carbons (Fsp3) is 0.233. The molecule has 2 N–H and O–H groups in total. The molecule has 0 bridgehead atoms. The van der Waals surface area contributed by atoms with E-state index in [9.17, 15) is 4.79 Å². The lowest BCUT2D eigenvalue weighted by Gasteiger charge is -2.17. The average molecular weight is 493 g/mol. The number of amides is 1. The Hall–Kier alpha value is -4.39. The quantitative estimate of drug-likeness (QED) is 0.238. The van der Waals surface area contributed by atoms with Crippen LogP contribution in [-0.2, 0) is 0 Å². The summed E-state index contributed by atoms with van der Waals surface area (Å²) in [6.07, 6.45) is 10.4. The summed E-state index contributed by atoms with van der Waals surface area (Å²) in [5.41, 5.74) is 4.09. The van der Waals surface area contributed by atoms with Crippen LogP contribution in [0.5, 0.6) is 0 Å². The smallest absolute Gasteiger partial charge is 0.291 e. The molecule has 1 fully saturated rings. The molecule has 1 aliphatic carbocycles. The molecule has 0 aliphatic heterocycles. The SMILES string of the molecule is O=C(Nc1ccc(-c2oc3ncnc(NC4CCCCCC4)c3c2-c2ccccc2)cc1)c1ccco1. The Bertz CT molecular complexity index is 1480. The van der Waals surface area contributed by atoms with Crippen molar-refractivity contribution in [2.75, 3.05) is 10.6 Å². The summed E-state index contributed by atoms with van der Waals surface area (Å²) in [5.74, 6) is 1.50. The molecule has 1 aliphatic rings. The van der Waals surface area contributed by atoms with Gasteiger partial charge >= 0.3 is 0 Å². The summed E-state index contributed by atoms with van der Waals surface area (Å²) in [6, 6.07) is 21.5. The summed E-state index contributed by atoms with van der Waals surface area (Å²) >= 11 is 0. The zero-order chi connectivity index (χ0) is 25.0. The van der Waals surface area contributed by atoms with Gasteiger partial charge in [0.05, 0.1) is 11.6 Å². The van der Waals surface area contributed by atoms with Crippen LogP contribution < -0.4 is 10.6 Å². The number of benzene rings is 2. The van der Waals surface area contributed by atoms with Crippen molar-refractivity contribution in [3.8, 4) is 22.5 Å². The number of fused-ring (bicyclic) bond motifs is 1. The minimum absolute atomic E-state index is 0.264. The summed E-state index contributed by atoms with van der Waals surface area (Å²) < 4.78 is 11.6. The van der Waals surface area contributed by atoms with Gasteiger partial charge in [0.25, 0.3) is 5.91 Å². The third-order valence-electron chi connectivity index (χ3n) is 6.90. The largest absolute Gasteiger partial charge is 0.459 e. The van der Waals surface area contributed by atoms with Crippen LogP contribution in [0.15, 0.2) is 88.2 Å². The van der Waals surface area contributed by atoms with Gasteiger partial charge in [-0.05, 0) is 54.8 Å². The molecule has 2 aromatic carbocycles. The monoisotopic (exact) mass is 492 g/mol. The molecule has 37 heavy (non-hydrogen) atoms. The number of rotatable bonds is 6. The predicted octanol–water partition coefficient (Wildman–Crippen LogP) is 7.54. The minimum atomic E-state index is -0.295. The number of aromatic nitrogens is 2. The van der Waals surface area contributed by atoms with Gasteiger partial charge in [-0.2, -0.15) is 0 Å². The first-order chi connectivity index (χ1) is 18.3. The topological polar surface area (TPSA) is 93.2 Å². The zero-order valence-electron chi connectivity index (χ0n) is 20.4. The molecule has 0 unspecified atom stereocenters. The van der Waals surface area contributed by atoms with E-state index in [4.69, 9.17) is 8.83 Å². The maximum atomic E-state index is 12.4. The van der Waals surface area contributed by atoms with Crippen molar-refractivity contribution in [1.29, 1.82) is 0 Å². The lowest BCUT2D eigenvalue weighted by molar-refractivity contribution is 0.0996. The predicted molar refractivity (Wildman–Crippen MR) is 144 cm³/mol. The summed E-state index contributed by atoms with van der Waals surface area (Å²) in [5, 5.41) is 7.47. The van der Waals surface area contributed by atoms with Crippen LogP contribution in [0.25, 0.3) is 33.6 Å². The second-order valence-electron chi connectivity index (χ2n) is 9.42. The summed E-state index contributed by atoms with van der Waals surface area (Å²) in [7, 11) is 0. The molecule has 186 valence electrons. The van der Waals surface area contributed by atoms with Crippen LogP contribution >= 0.6 is 0 Å². The fourth-order valence-electron chi connectivity index (χ4n) is 5.05. The van der Waals surface area contributed by atoms with Gasteiger partial charge in [-0.15, -0.1) is 0 Å². The Morgan fingerprint density at radius 1 is 0.838 bits per heavy atom. The van der Waals surface area contributed by atoms with Crippen LogP contribution in [0.1, 0.15) is 49.1 Å². The van der Waals surface area contributed by atoms with Crippen molar-refractivity contribution >= 4 is 28.5 Å². The van der Waals surface area contributed by atoms with E-state index in [1.807, 2.05) is 42.5 Å². The minimum Gasteiger partial charge on any atom is -0.459 e. The molecular weight excluding hydrogens is 464 g/mol. The number of hydrogen-bond donors (Lipinski definition) is 2. The second-order valence-corrected chi connectivity index (χ2v) is 9.42. The number of furan rings is 2. The third kappa shape index (κ3) is 4.85. The molecule has 0 spiro atoms. The Morgan fingerprint density at radius 3 is 2.35 bits per heavy atom. The fourth-order valence-corrected chi connectivity index (χ4v) is 5.05. The second kappa shape index (κ2) is 10.3. The first-order valence-corrected chi connectivity index (χ1v) is 12.8. The molecule has 0 radical (unpaired) electrons. The van der Waals surface area contributed by atoms with Gasteiger partial charge in [0.1, 0.15) is 17.9 Å². The molecule has 5 aromatic rings. The molecule has 3 heterocycles. The van der Waals surface area contributed by atoms with Gasteiger partial charge in [-0.3, -0.25) is 4.79 Å². The summed E-state index contributed by atoms with van der Waals surface area (Å²) in [6.45, 7) is 0. The zero-order valence-corrected chi connectivity index (χ0v) is 20.4. The molecule has 6 rings (SSSR count). The first kappa shape index (κ1) is 23.0. The summed E-state index contributed by atoms with van der Waals surface area (Å²) in [4.78, 5) is 21.5. The van der Waals surface area contributed by atoms with Crippen molar-refractivity contribution in [1.82, 2.24) is 9.97 Å². The van der Waals surface area contributed by atoms with Gasteiger partial charge in [0.15, 0.2) is 5.76 Å². The van der Waals surface area contributed by atoms with Crippen molar-refractivity contribution in [2.45, 2.75) is 44.6 Å². The molecule has 3 aromatic heterocycles.